The summed E-state index contributed by atoms with van der Waals surface area (Å²) in [5, 5.41) is 8.69. The van der Waals surface area contributed by atoms with Crippen LogP contribution in [0.2, 0.25) is 0 Å². The van der Waals surface area contributed by atoms with Gasteiger partial charge in [0.2, 0.25) is 0 Å². The summed E-state index contributed by atoms with van der Waals surface area (Å²) in [6, 6.07) is 7.92. The second-order valence-electron chi connectivity index (χ2n) is 4.37. The zero-order chi connectivity index (χ0) is 12.3. The third-order valence-corrected chi connectivity index (χ3v) is 2.98. The number of fused-ring (bicyclic) bond motifs is 1. The van der Waals surface area contributed by atoms with Gasteiger partial charge in [-0.3, -0.25) is 4.79 Å². The van der Waals surface area contributed by atoms with E-state index in [4.69, 9.17) is 14.6 Å². The van der Waals surface area contributed by atoms with Gasteiger partial charge >= 0.3 is 5.97 Å². The Labute approximate surface area is 100 Å². The van der Waals surface area contributed by atoms with Gasteiger partial charge in [-0.15, -0.1) is 0 Å². The SMILES string of the molecule is CC1(CCC(=O)O)OCc2ccccc2CO1. The summed E-state index contributed by atoms with van der Waals surface area (Å²) in [7, 11) is 0. The van der Waals surface area contributed by atoms with E-state index >= 15 is 0 Å². The lowest BCUT2D eigenvalue weighted by Gasteiger charge is -2.27. The molecule has 4 heteroatoms. The van der Waals surface area contributed by atoms with E-state index in [9.17, 15) is 4.79 Å². The van der Waals surface area contributed by atoms with E-state index in [1.165, 1.54) is 0 Å². The van der Waals surface area contributed by atoms with Gasteiger partial charge in [-0.2, -0.15) is 0 Å². The van der Waals surface area contributed by atoms with Crippen LogP contribution in [0.3, 0.4) is 0 Å². The summed E-state index contributed by atoms with van der Waals surface area (Å²) in [5.74, 6) is -1.64. The van der Waals surface area contributed by atoms with Crippen molar-refractivity contribution in [3.05, 3.63) is 35.4 Å². The van der Waals surface area contributed by atoms with Crippen LogP contribution in [0.15, 0.2) is 24.3 Å². The van der Waals surface area contributed by atoms with Crippen molar-refractivity contribution in [3.8, 4) is 0 Å². The first-order chi connectivity index (χ1) is 8.09. The highest BCUT2D eigenvalue weighted by Gasteiger charge is 2.29. The maximum atomic E-state index is 10.6. The Morgan fingerprint density at radius 2 is 1.82 bits per heavy atom. The van der Waals surface area contributed by atoms with Crippen molar-refractivity contribution < 1.29 is 19.4 Å². The molecule has 0 atom stereocenters. The van der Waals surface area contributed by atoms with Crippen LogP contribution in [0.4, 0.5) is 0 Å². The van der Waals surface area contributed by atoms with E-state index in [-0.39, 0.29) is 6.42 Å². The molecule has 4 nitrogen and oxygen atoms in total. The van der Waals surface area contributed by atoms with Crippen molar-refractivity contribution >= 4 is 5.97 Å². The normalized spacial score (nSPS) is 18.2. The largest absolute Gasteiger partial charge is 0.481 e. The molecule has 0 fully saturated rings. The fraction of sp³-hybridized carbons (Fsp3) is 0.462. The van der Waals surface area contributed by atoms with Gasteiger partial charge in [-0.25, -0.2) is 0 Å². The predicted octanol–water partition coefficient (Wildman–Crippen LogP) is 2.31. The van der Waals surface area contributed by atoms with E-state index < -0.39 is 11.8 Å². The number of carboxylic acid groups (broad SMARTS) is 1. The summed E-state index contributed by atoms with van der Waals surface area (Å²) in [5.41, 5.74) is 2.21. The van der Waals surface area contributed by atoms with Crippen LogP contribution in [0.5, 0.6) is 0 Å². The summed E-state index contributed by atoms with van der Waals surface area (Å²) < 4.78 is 11.4. The first kappa shape index (κ1) is 12.1. The summed E-state index contributed by atoms with van der Waals surface area (Å²) in [6.07, 6.45) is 0.406. The Balaban J connectivity index is 2.05. The molecule has 0 aromatic heterocycles. The van der Waals surface area contributed by atoms with Gasteiger partial charge in [0.15, 0.2) is 5.79 Å². The number of rotatable bonds is 3. The molecule has 1 aromatic rings. The van der Waals surface area contributed by atoms with Crippen LogP contribution < -0.4 is 0 Å². The molecule has 0 unspecified atom stereocenters. The summed E-state index contributed by atoms with van der Waals surface area (Å²) in [4.78, 5) is 10.6. The Hall–Kier alpha value is -1.39. The van der Waals surface area contributed by atoms with Gasteiger partial charge in [-0.05, 0) is 18.1 Å². The molecule has 1 heterocycles. The molecule has 92 valence electrons. The standard InChI is InChI=1S/C13H16O4/c1-13(7-6-12(14)15)16-8-10-4-2-3-5-11(10)9-17-13/h2-5H,6-9H2,1H3,(H,14,15). The highest BCUT2D eigenvalue weighted by Crippen LogP contribution is 2.28. The summed E-state index contributed by atoms with van der Waals surface area (Å²) in [6.45, 7) is 2.72. The molecule has 0 bridgehead atoms. The van der Waals surface area contributed by atoms with Gasteiger partial charge < -0.3 is 14.6 Å². The average molecular weight is 236 g/mol. The van der Waals surface area contributed by atoms with E-state index in [2.05, 4.69) is 0 Å². The minimum atomic E-state index is -0.833. The van der Waals surface area contributed by atoms with Crippen molar-refractivity contribution in [2.45, 2.75) is 38.8 Å². The molecule has 2 rings (SSSR count). The average Bonchev–Trinajstić information content (AvgIpc) is 2.48. The molecule has 0 spiro atoms. The molecule has 0 saturated heterocycles. The third kappa shape index (κ3) is 3.05. The Morgan fingerprint density at radius 3 is 2.29 bits per heavy atom. The lowest BCUT2D eigenvalue weighted by atomic mass is 10.1. The third-order valence-electron chi connectivity index (χ3n) is 2.98. The second kappa shape index (κ2) is 4.85. The fourth-order valence-corrected chi connectivity index (χ4v) is 1.82. The number of carboxylic acids is 1. The van der Waals surface area contributed by atoms with Crippen LogP contribution >= 0.6 is 0 Å². The zero-order valence-electron chi connectivity index (χ0n) is 9.81. The molecule has 1 N–H and O–H groups in total. The van der Waals surface area contributed by atoms with Gasteiger partial charge in [0.25, 0.3) is 0 Å². The van der Waals surface area contributed by atoms with Crippen LogP contribution in [0.1, 0.15) is 30.9 Å². The minimum absolute atomic E-state index is 0.0485. The monoisotopic (exact) mass is 236 g/mol. The van der Waals surface area contributed by atoms with Crippen LogP contribution in [0.25, 0.3) is 0 Å². The van der Waals surface area contributed by atoms with Gasteiger partial charge in [0.1, 0.15) is 0 Å². The number of hydrogen-bond donors (Lipinski definition) is 1. The molecule has 1 aromatic carbocycles. The van der Waals surface area contributed by atoms with Crippen LogP contribution in [-0.2, 0) is 27.5 Å². The number of benzene rings is 1. The van der Waals surface area contributed by atoms with E-state index in [0.717, 1.165) is 11.1 Å². The van der Waals surface area contributed by atoms with Gasteiger partial charge in [0.05, 0.1) is 19.6 Å². The topological polar surface area (TPSA) is 55.8 Å². The minimum Gasteiger partial charge on any atom is -0.481 e. The lowest BCUT2D eigenvalue weighted by molar-refractivity contribution is -0.236. The Kier molecular flexibility index (Phi) is 3.45. The maximum Gasteiger partial charge on any atom is 0.303 e. The predicted molar refractivity (Wildman–Crippen MR) is 61.3 cm³/mol. The highest BCUT2D eigenvalue weighted by molar-refractivity contribution is 5.66. The molecule has 0 radical (unpaired) electrons. The van der Waals surface area contributed by atoms with E-state index in [1.54, 1.807) is 6.92 Å². The zero-order valence-corrected chi connectivity index (χ0v) is 9.81. The van der Waals surface area contributed by atoms with Crippen molar-refractivity contribution in [2.24, 2.45) is 0 Å². The Morgan fingerprint density at radius 1 is 1.29 bits per heavy atom. The van der Waals surface area contributed by atoms with Gasteiger partial charge in [0, 0.05) is 6.42 Å². The quantitative estimate of drug-likeness (QED) is 0.875. The number of hydrogen-bond acceptors (Lipinski definition) is 3. The molecule has 0 aliphatic carbocycles. The first-order valence-electron chi connectivity index (χ1n) is 5.65. The van der Waals surface area contributed by atoms with Crippen molar-refractivity contribution in [1.82, 2.24) is 0 Å². The van der Waals surface area contributed by atoms with Crippen molar-refractivity contribution in [1.29, 1.82) is 0 Å². The molecular formula is C13H16O4. The van der Waals surface area contributed by atoms with Gasteiger partial charge in [-0.1, -0.05) is 24.3 Å². The maximum absolute atomic E-state index is 10.6. The number of aliphatic carboxylic acids is 1. The van der Waals surface area contributed by atoms with Crippen molar-refractivity contribution in [3.63, 3.8) is 0 Å². The second-order valence-corrected chi connectivity index (χ2v) is 4.37. The molecular weight excluding hydrogens is 220 g/mol. The van der Waals surface area contributed by atoms with Crippen LogP contribution in [-0.4, -0.2) is 16.9 Å². The Bertz CT molecular complexity index is 387. The molecule has 1 aliphatic heterocycles. The van der Waals surface area contributed by atoms with Crippen molar-refractivity contribution in [2.75, 3.05) is 0 Å². The summed E-state index contributed by atoms with van der Waals surface area (Å²) >= 11 is 0. The van der Waals surface area contributed by atoms with Crippen LogP contribution in [0, 0.1) is 0 Å². The fourth-order valence-electron chi connectivity index (χ4n) is 1.82. The smallest absolute Gasteiger partial charge is 0.303 e. The van der Waals surface area contributed by atoms with E-state index in [1.807, 2.05) is 24.3 Å². The highest BCUT2D eigenvalue weighted by atomic mass is 16.7. The number of ether oxygens (including phenoxy) is 2. The molecule has 17 heavy (non-hydrogen) atoms. The van der Waals surface area contributed by atoms with E-state index in [0.29, 0.717) is 19.6 Å². The molecule has 0 saturated carbocycles. The lowest BCUT2D eigenvalue weighted by Crippen LogP contribution is -2.31. The first-order valence-corrected chi connectivity index (χ1v) is 5.65. The molecule has 0 amide bonds. The molecule has 1 aliphatic rings. The number of carbonyl (C=O) groups is 1.